The van der Waals surface area contributed by atoms with E-state index >= 15 is 0 Å². The number of hydrogen-bond acceptors (Lipinski definition) is 4. The van der Waals surface area contributed by atoms with E-state index < -0.39 is 27.9 Å². The van der Waals surface area contributed by atoms with Gasteiger partial charge in [-0.05, 0) is 12.0 Å². The first-order chi connectivity index (χ1) is 9.04. The Morgan fingerprint density at radius 3 is 2.30 bits per heavy atom. The molecule has 0 aromatic carbocycles. The molecule has 0 radical (unpaired) electrons. The number of primary sulfonamides is 1. The summed E-state index contributed by atoms with van der Waals surface area (Å²) in [6.45, 7) is 3.31. The van der Waals surface area contributed by atoms with Crippen molar-refractivity contribution in [2.75, 3.05) is 0 Å². The minimum absolute atomic E-state index is 0.0147. The lowest BCUT2D eigenvalue weighted by atomic mass is 10.0. The van der Waals surface area contributed by atoms with Crippen molar-refractivity contribution in [1.82, 2.24) is 9.88 Å². The van der Waals surface area contributed by atoms with Crippen molar-refractivity contribution in [3.63, 3.8) is 0 Å². The van der Waals surface area contributed by atoms with Gasteiger partial charge in [-0.15, -0.1) is 0 Å². The minimum atomic E-state index is -3.92. The fraction of sp³-hybridized carbons (Fsp3) is 0.455. The van der Waals surface area contributed by atoms with Gasteiger partial charge < -0.3 is 15.0 Å². The average molecular weight is 303 g/mol. The number of nitrogens with two attached hydrogens (primary N) is 1. The van der Waals surface area contributed by atoms with Gasteiger partial charge in [-0.3, -0.25) is 4.79 Å². The van der Waals surface area contributed by atoms with Crippen LogP contribution in [0.4, 0.5) is 0 Å². The highest BCUT2D eigenvalue weighted by Gasteiger charge is 2.26. The molecule has 0 fully saturated rings. The Kier molecular flexibility index (Phi) is 4.56. The summed E-state index contributed by atoms with van der Waals surface area (Å²) in [5.74, 6) is -2.15. The Morgan fingerprint density at radius 1 is 1.40 bits per heavy atom. The van der Waals surface area contributed by atoms with E-state index in [1.54, 1.807) is 13.8 Å². The van der Waals surface area contributed by atoms with Crippen LogP contribution < -0.4 is 10.5 Å². The van der Waals surface area contributed by atoms with Gasteiger partial charge in [-0.2, -0.15) is 0 Å². The lowest BCUT2D eigenvalue weighted by Gasteiger charge is -2.17. The third-order valence-electron chi connectivity index (χ3n) is 2.76. The molecule has 4 N–H and O–H groups in total. The molecule has 0 aliphatic carbocycles. The number of carboxylic acid groups (broad SMARTS) is 1. The molecular weight excluding hydrogens is 286 g/mol. The molecule has 1 aromatic rings. The van der Waals surface area contributed by atoms with Crippen molar-refractivity contribution < 1.29 is 23.1 Å². The molecule has 20 heavy (non-hydrogen) atoms. The van der Waals surface area contributed by atoms with Gasteiger partial charge in [0.15, 0.2) is 0 Å². The molecule has 1 rings (SSSR count). The van der Waals surface area contributed by atoms with Crippen molar-refractivity contribution in [1.29, 1.82) is 0 Å². The van der Waals surface area contributed by atoms with Crippen LogP contribution in [0.3, 0.4) is 0 Å². The van der Waals surface area contributed by atoms with E-state index in [0.29, 0.717) is 0 Å². The SMILES string of the molecule is CC(C)C(NC(=O)c1cc(S(N)(=O)=O)cn1C)C(=O)O. The summed E-state index contributed by atoms with van der Waals surface area (Å²) in [7, 11) is -2.45. The Balaban J connectivity index is 3.04. The predicted molar refractivity (Wildman–Crippen MR) is 70.5 cm³/mol. The third-order valence-corrected chi connectivity index (χ3v) is 3.64. The molecule has 1 heterocycles. The Bertz CT molecular complexity index is 632. The summed E-state index contributed by atoms with van der Waals surface area (Å²) in [5, 5.41) is 16.3. The topological polar surface area (TPSA) is 131 Å². The molecular formula is C11H17N3O5S. The van der Waals surface area contributed by atoms with Gasteiger partial charge in [-0.1, -0.05) is 13.8 Å². The third kappa shape index (κ3) is 3.58. The number of aromatic nitrogens is 1. The number of sulfonamides is 1. The second kappa shape index (κ2) is 5.63. The molecule has 0 spiro atoms. The largest absolute Gasteiger partial charge is 0.480 e. The van der Waals surface area contributed by atoms with E-state index in [-0.39, 0.29) is 16.5 Å². The maximum atomic E-state index is 12.0. The molecule has 112 valence electrons. The van der Waals surface area contributed by atoms with Crippen LogP contribution in [0.1, 0.15) is 24.3 Å². The van der Waals surface area contributed by atoms with Crippen LogP contribution in [0.25, 0.3) is 0 Å². The van der Waals surface area contributed by atoms with Crippen LogP contribution in [0.5, 0.6) is 0 Å². The maximum Gasteiger partial charge on any atom is 0.326 e. The first-order valence-corrected chi connectivity index (χ1v) is 7.31. The fourth-order valence-electron chi connectivity index (χ4n) is 1.64. The number of carbonyl (C=O) groups excluding carboxylic acids is 1. The van der Waals surface area contributed by atoms with Crippen molar-refractivity contribution in [2.24, 2.45) is 18.1 Å². The zero-order valence-corrected chi connectivity index (χ0v) is 12.1. The van der Waals surface area contributed by atoms with Crippen LogP contribution in [0.2, 0.25) is 0 Å². The van der Waals surface area contributed by atoms with Gasteiger partial charge in [-0.25, -0.2) is 18.4 Å². The smallest absolute Gasteiger partial charge is 0.326 e. The van der Waals surface area contributed by atoms with Gasteiger partial charge >= 0.3 is 5.97 Å². The molecule has 8 nitrogen and oxygen atoms in total. The second-order valence-corrected chi connectivity index (χ2v) is 6.31. The first-order valence-electron chi connectivity index (χ1n) is 5.77. The molecule has 9 heteroatoms. The Hall–Kier alpha value is -1.87. The number of amides is 1. The van der Waals surface area contributed by atoms with Crippen LogP contribution in [-0.2, 0) is 21.9 Å². The zero-order chi connectivity index (χ0) is 15.7. The standard InChI is InChI=1S/C11H17N3O5S/c1-6(2)9(11(16)17)13-10(15)8-4-7(5-14(8)3)20(12,18)19/h4-6,9H,1-3H3,(H,13,15)(H,16,17)(H2,12,18,19). The first kappa shape index (κ1) is 16.2. The lowest BCUT2D eigenvalue weighted by molar-refractivity contribution is -0.140. The van der Waals surface area contributed by atoms with E-state index in [1.807, 2.05) is 0 Å². The lowest BCUT2D eigenvalue weighted by Crippen LogP contribution is -2.44. The second-order valence-electron chi connectivity index (χ2n) is 4.75. The predicted octanol–water partition coefficient (Wildman–Crippen LogP) is -0.488. The molecule has 0 saturated heterocycles. The number of carboxylic acids is 1. The number of nitrogens with one attached hydrogen (secondary N) is 1. The summed E-state index contributed by atoms with van der Waals surface area (Å²) >= 11 is 0. The van der Waals surface area contributed by atoms with Crippen molar-refractivity contribution in [2.45, 2.75) is 24.8 Å². The van der Waals surface area contributed by atoms with E-state index in [9.17, 15) is 18.0 Å². The van der Waals surface area contributed by atoms with Crippen LogP contribution in [0, 0.1) is 5.92 Å². The van der Waals surface area contributed by atoms with Crippen LogP contribution in [0.15, 0.2) is 17.2 Å². The molecule has 0 bridgehead atoms. The van der Waals surface area contributed by atoms with Gasteiger partial charge in [0.2, 0.25) is 10.0 Å². The summed E-state index contributed by atoms with van der Waals surface area (Å²) in [6.07, 6.45) is 1.19. The number of aryl methyl sites for hydroxylation is 1. The average Bonchev–Trinajstić information content (AvgIpc) is 2.66. The van der Waals surface area contributed by atoms with Crippen molar-refractivity contribution >= 4 is 21.9 Å². The highest BCUT2D eigenvalue weighted by Crippen LogP contribution is 2.12. The number of hydrogen-bond donors (Lipinski definition) is 3. The van der Waals surface area contributed by atoms with Gasteiger partial charge in [0.1, 0.15) is 16.6 Å². The van der Waals surface area contributed by atoms with Gasteiger partial charge in [0.25, 0.3) is 5.91 Å². The zero-order valence-electron chi connectivity index (χ0n) is 11.3. The molecule has 1 unspecified atom stereocenters. The highest BCUT2D eigenvalue weighted by molar-refractivity contribution is 7.89. The van der Waals surface area contributed by atoms with Crippen molar-refractivity contribution in [3.05, 3.63) is 18.0 Å². The monoisotopic (exact) mass is 303 g/mol. The van der Waals surface area contributed by atoms with E-state index in [2.05, 4.69) is 5.32 Å². The molecule has 1 aromatic heterocycles. The minimum Gasteiger partial charge on any atom is -0.480 e. The normalized spacial score (nSPS) is 13.2. The quantitative estimate of drug-likeness (QED) is 0.675. The number of rotatable bonds is 5. The molecule has 1 atom stereocenters. The molecule has 1 amide bonds. The van der Waals surface area contributed by atoms with E-state index in [1.165, 1.54) is 17.8 Å². The number of aliphatic carboxylic acids is 1. The van der Waals surface area contributed by atoms with E-state index in [0.717, 1.165) is 6.07 Å². The Labute approximate surface area is 116 Å². The maximum absolute atomic E-state index is 12.0. The summed E-state index contributed by atoms with van der Waals surface area (Å²) < 4.78 is 23.7. The molecule has 0 saturated carbocycles. The Morgan fingerprint density at radius 2 is 1.95 bits per heavy atom. The van der Waals surface area contributed by atoms with Gasteiger partial charge in [0.05, 0.1) is 0 Å². The van der Waals surface area contributed by atoms with Crippen LogP contribution in [-0.4, -0.2) is 36.0 Å². The molecule has 0 aliphatic rings. The van der Waals surface area contributed by atoms with Crippen LogP contribution >= 0.6 is 0 Å². The summed E-state index contributed by atoms with van der Waals surface area (Å²) in [5.41, 5.74) is 0.0147. The van der Waals surface area contributed by atoms with E-state index in [4.69, 9.17) is 10.2 Å². The number of nitrogens with zero attached hydrogens (tertiary/aromatic N) is 1. The molecule has 0 aliphatic heterocycles. The highest BCUT2D eigenvalue weighted by atomic mass is 32.2. The van der Waals surface area contributed by atoms with Gasteiger partial charge in [0, 0.05) is 13.2 Å². The summed E-state index contributed by atoms with van der Waals surface area (Å²) in [4.78, 5) is 22.8. The van der Waals surface area contributed by atoms with Crippen molar-refractivity contribution in [3.8, 4) is 0 Å². The fourth-order valence-corrected chi connectivity index (χ4v) is 2.23. The summed E-state index contributed by atoms with van der Waals surface area (Å²) in [6, 6.07) is 0.0412. The number of carbonyl (C=O) groups is 2.